The molecule has 0 aliphatic rings. The molecule has 0 bridgehead atoms. The van der Waals surface area contributed by atoms with Crippen molar-refractivity contribution in [3.8, 4) is 11.8 Å². The lowest BCUT2D eigenvalue weighted by molar-refractivity contribution is 0.0569. The predicted molar refractivity (Wildman–Crippen MR) is 119 cm³/mol. The minimum atomic E-state index is -0.718. The molecule has 3 rings (SSSR count). The van der Waals surface area contributed by atoms with Crippen LogP contribution in [0.4, 0.5) is 27.7 Å². The van der Waals surface area contributed by atoms with Crippen LogP contribution in [-0.2, 0) is 0 Å². The molecule has 0 saturated heterocycles. The van der Waals surface area contributed by atoms with Crippen molar-refractivity contribution in [2.24, 2.45) is 0 Å². The van der Waals surface area contributed by atoms with E-state index in [1.165, 1.54) is 0 Å². The van der Waals surface area contributed by atoms with Crippen molar-refractivity contribution < 1.29 is 24.1 Å². The Bertz CT molecular complexity index is 1040. The van der Waals surface area contributed by atoms with E-state index < -0.39 is 18.0 Å². The summed E-state index contributed by atoms with van der Waals surface area (Å²) in [6.07, 6.45) is 1.44. The molecule has 0 unspecified atom stereocenters. The fourth-order valence-corrected chi connectivity index (χ4v) is 2.60. The highest BCUT2D eigenvalue weighted by Crippen LogP contribution is 2.26. The van der Waals surface area contributed by atoms with Gasteiger partial charge in [-0.1, -0.05) is 0 Å². The summed E-state index contributed by atoms with van der Waals surface area (Å²) in [6.45, 7) is 3.05. The molecule has 0 amide bonds. The van der Waals surface area contributed by atoms with E-state index in [9.17, 15) is 9.50 Å². The number of hydrogen-bond acceptors (Lipinski definition) is 10. The van der Waals surface area contributed by atoms with E-state index in [0.717, 1.165) is 6.20 Å². The summed E-state index contributed by atoms with van der Waals surface area (Å²) in [6, 6.07) is 7.07. The van der Waals surface area contributed by atoms with Crippen molar-refractivity contribution in [3.05, 3.63) is 46.9 Å². The molecule has 170 valence electrons. The number of aliphatic hydroxyl groups excluding tert-OH is 2. The largest absolute Gasteiger partial charge is 0.473 e. The molecule has 0 aliphatic heterocycles. The van der Waals surface area contributed by atoms with Crippen LogP contribution in [0.25, 0.3) is 0 Å². The second-order valence-electron chi connectivity index (χ2n) is 6.66. The maximum atomic E-state index is 13.7. The summed E-state index contributed by atoms with van der Waals surface area (Å²) in [5.41, 5.74) is 1.36. The molecule has 10 nitrogen and oxygen atoms in total. The average molecular weight is 509 g/mol. The smallest absolute Gasteiger partial charge is 0.255 e. The number of aromatic nitrogens is 4. The van der Waals surface area contributed by atoms with Crippen LogP contribution in [0.5, 0.6) is 11.8 Å². The fraction of sp³-hybridized carbons (Fsp3) is 0.300. The number of anilines is 4. The van der Waals surface area contributed by atoms with Crippen LogP contribution in [0, 0.1) is 5.82 Å². The van der Waals surface area contributed by atoms with Gasteiger partial charge in [0.2, 0.25) is 23.6 Å². The van der Waals surface area contributed by atoms with E-state index in [1.807, 2.05) is 0 Å². The molecule has 32 heavy (non-hydrogen) atoms. The van der Waals surface area contributed by atoms with Crippen molar-refractivity contribution in [2.45, 2.75) is 26.1 Å². The quantitative estimate of drug-likeness (QED) is 0.323. The third-order valence-electron chi connectivity index (χ3n) is 4.13. The summed E-state index contributed by atoms with van der Waals surface area (Å²) in [4.78, 5) is 16.3. The Hall–Kier alpha value is -3.09. The Morgan fingerprint density at radius 2 is 1.56 bits per heavy atom. The molecule has 2 aromatic heterocycles. The first-order valence-electron chi connectivity index (χ1n) is 9.63. The Labute approximate surface area is 192 Å². The highest BCUT2D eigenvalue weighted by molar-refractivity contribution is 9.10. The van der Waals surface area contributed by atoms with Crippen molar-refractivity contribution in [1.82, 2.24) is 19.9 Å². The average Bonchev–Trinajstić information content (AvgIpc) is 2.77. The zero-order chi connectivity index (χ0) is 23.1. The van der Waals surface area contributed by atoms with E-state index in [2.05, 4.69) is 46.5 Å². The normalized spacial score (nSPS) is 12.7. The lowest BCUT2D eigenvalue weighted by Gasteiger charge is -2.17. The highest BCUT2D eigenvalue weighted by Gasteiger charge is 2.15. The van der Waals surface area contributed by atoms with Crippen LogP contribution in [0.15, 0.2) is 41.1 Å². The Morgan fingerprint density at radius 1 is 1.00 bits per heavy atom. The standard InChI is InChI=1S/C20H22BrFN6O4/c1-11(30)12(2)32-17-15(21)9-23-19(27-17)25-13-3-5-14(6-4-13)26-20-24-10-16(22)18(28-20)31-8-7-29/h3-6,9-12,29-30H,7-8H2,1-2H3,(H,23,25,27)(H,24,26,28)/t11-,12-/m1/s1. The van der Waals surface area contributed by atoms with Crippen molar-refractivity contribution in [3.63, 3.8) is 0 Å². The molecule has 0 aliphatic carbocycles. The minimum absolute atomic E-state index is 0.0729. The maximum Gasteiger partial charge on any atom is 0.255 e. The van der Waals surface area contributed by atoms with Gasteiger partial charge in [-0.05, 0) is 54.0 Å². The van der Waals surface area contributed by atoms with Crippen LogP contribution in [-0.4, -0.2) is 55.6 Å². The molecule has 0 radical (unpaired) electrons. The fourth-order valence-electron chi connectivity index (χ4n) is 2.32. The van der Waals surface area contributed by atoms with Gasteiger partial charge in [0, 0.05) is 11.4 Å². The number of nitrogens with zero attached hydrogens (tertiary/aromatic N) is 4. The Kier molecular flexibility index (Phi) is 8.09. The molecular formula is C20H22BrFN6O4. The summed E-state index contributed by atoms with van der Waals surface area (Å²) < 4.78 is 24.9. The molecule has 0 saturated carbocycles. The van der Waals surface area contributed by atoms with E-state index >= 15 is 0 Å². The van der Waals surface area contributed by atoms with Gasteiger partial charge in [0.05, 0.1) is 29.6 Å². The number of hydrogen-bond donors (Lipinski definition) is 4. The molecule has 2 atom stereocenters. The van der Waals surface area contributed by atoms with Crippen LogP contribution in [0.1, 0.15) is 13.8 Å². The first kappa shape index (κ1) is 23.6. The molecular weight excluding hydrogens is 487 g/mol. The summed E-state index contributed by atoms with van der Waals surface area (Å²) in [5.74, 6) is -0.198. The van der Waals surface area contributed by atoms with Gasteiger partial charge in [0.1, 0.15) is 12.7 Å². The molecule has 0 fully saturated rings. The van der Waals surface area contributed by atoms with E-state index in [-0.39, 0.29) is 25.0 Å². The molecule has 0 spiro atoms. The van der Waals surface area contributed by atoms with Gasteiger partial charge in [-0.2, -0.15) is 14.4 Å². The van der Waals surface area contributed by atoms with Gasteiger partial charge in [-0.15, -0.1) is 0 Å². The lowest BCUT2D eigenvalue weighted by atomic mass is 10.3. The lowest BCUT2D eigenvalue weighted by Crippen LogP contribution is -2.26. The van der Waals surface area contributed by atoms with Crippen LogP contribution >= 0.6 is 15.9 Å². The Morgan fingerprint density at radius 3 is 2.12 bits per heavy atom. The predicted octanol–water partition coefficient (Wildman–Crippen LogP) is 3.17. The van der Waals surface area contributed by atoms with Gasteiger partial charge in [0.15, 0.2) is 0 Å². The van der Waals surface area contributed by atoms with E-state index in [0.29, 0.717) is 27.7 Å². The van der Waals surface area contributed by atoms with Crippen LogP contribution in [0.3, 0.4) is 0 Å². The molecule has 3 aromatic rings. The molecule has 4 N–H and O–H groups in total. The van der Waals surface area contributed by atoms with Crippen LogP contribution in [0.2, 0.25) is 0 Å². The van der Waals surface area contributed by atoms with Crippen molar-refractivity contribution in [2.75, 3.05) is 23.8 Å². The SMILES string of the molecule is C[C@@H](O)[C@@H](C)Oc1nc(Nc2ccc(Nc3ncc(F)c(OCCO)n3)cc2)ncc1Br. The van der Waals surface area contributed by atoms with E-state index in [4.69, 9.17) is 14.6 Å². The van der Waals surface area contributed by atoms with Crippen molar-refractivity contribution in [1.29, 1.82) is 0 Å². The number of ether oxygens (including phenoxy) is 2. The first-order valence-corrected chi connectivity index (χ1v) is 10.4. The topological polar surface area (TPSA) is 135 Å². The van der Waals surface area contributed by atoms with Gasteiger partial charge in [-0.25, -0.2) is 9.97 Å². The highest BCUT2D eigenvalue weighted by atomic mass is 79.9. The maximum absolute atomic E-state index is 13.7. The molecule has 12 heteroatoms. The summed E-state index contributed by atoms with van der Waals surface area (Å²) >= 11 is 3.33. The van der Waals surface area contributed by atoms with E-state index in [1.54, 1.807) is 44.3 Å². The summed E-state index contributed by atoms with van der Waals surface area (Å²) in [7, 11) is 0. The number of nitrogens with one attached hydrogen (secondary N) is 2. The number of rotatable bonds is 10. The second kappa shape index (κ2) is 11.0. The third-order valence-corrected chi connectivity index (χ3v) is 4.67. The zero-order valence-electron chi connectivity index (χ0n) is 17.3. The monoisotopic (exact) mass is 508 g/mol. The third kappa shape index (κ3) is 6.45. The van der Waals surface area contributed by atoms with Gasteiger partial charge >= 0.3 is 0 Å². The molecule has 2 heterocycles. The minimum Gasteiger partial charge on any atom is -0.473 e. The van der Waals surface area contributed by atoms with Crippen molar-refractivity contribution >= 4 is 39.2 Å². The van der Waals surface area contributed by atoms with Crippen LogP contribution < -0.4 is 20.1 Å². The zero-order valence-corrected chi connectivity index (χ0v) is 18.9. The van der Waals surface area contributed by atoms with Gasteiger partial charge in [0.25, 0.3) is 5.88 Å². The first-order chi connectivity index (χ1) is 15.4. The number of aliphatic hydroxyl groups is 2. The molecule has 1 aromatic carbocycles. The number of benzene rings is 1. The van der Waals surface area contributed by atoms with Gasteiger partial charge in [-0.3, -0.25) is 0 Å². The second-order valence-corrected chi connectivity index (χ2v) is 7.51. The number of halogens is 2. The van der Waals surface area contributed by atoms with Gasteiger partial charge < -0.3 is 30.3 Å². The summed E-state index contributed by atoms with van der Waals surface area (Å²) in [5, 5.41) is 24.4. The Balaban J connectivity index is 1.66.